The summed E-state index contributed by atoms with van der Waals surface area (Å²) in [5.41, 5.74) is -2.92. The van der Waals surface area contributed by atoms with Gasteiger partial charge in [0.15, 0.2) is 0 Å². The van der Waals surface area contributed by atoms with Crippen LogP contribution in [0.3, 0.4) is 0 Å². The molecule has 0 bridgehead atoms. The van der Waals surface area contributed by atoms with Crippen molar-refractivity contribution < 1.29 is 22.8 Å². The number of hydrogen-bond acceptors (Lipinski definition) is 4. The molecule has 0 spiro atoms. The highest BCUT2D eigenvalue weighted by Crippen LogP contribution is 2.41. The number of rotatable bonds is 4. The molecule has 1 aliphatic carbocycles. The van der Waals surface area contributed by atoms with Gasteiger partial charge in [0.25, 0.3) is 11.8 Å². The molecule has 1 aliphatic heterocycles. The maximum Gasteiger partial charge on any atom is 0.442 e. The summed E-state index contributed by atoms with van der Waals surface area (Å²) in [6.45, 7) is 0. The molecule has 4 rings (SSSR count). The molecule has 1 aromatic carbocycles. The number of aliphatic imine (C=N–C) groups is 1. The monoisotopic (exact) mass is 421 g/mol. The fourth-order valence-corrected chi connectivity index (χ4v) is 4.41. The molecule has 29 heavy (non-hydrogen) atoms. The van der Waals surface area contributed by atoms with E-state index in [-0.39, 0.29) is 16.8 Å². The molecule has 9 heteroatoms. The second-order valence-electron chi connectivity index (χ2n) is 7.05. The van der Waals surface area contributed by atoms with E-state index in [1.807, 2.05) is 5.32 Å². The molecule has 1 aromatic heterocycles. The summed E-state index contributed by atoms with van der Waals surface area (Å²) in [4.78, 5) is 30.8. The largest absolute Gasteiger partial charge is 0.442 e. The molecule has 2 amide bonds. The van der Waals surface area contributed by atoms with Gasteiger partial charge in [-0.15, -0.1) is 11.3 Å². The fourth-order valence-electron chi connectivity index (χ4n) is 3.79. The van der Waals surface area contributed by atoms with E-state index < -0.39 is 23.7 Å². The van der Waals surface area contributed by atoms with Crippen LogP contribution in [0.1, 0.15) is 40.9 Å². The van der Waals surface area contributed by atoms with Crippen LogP contribution in [0.2, 0.25) is 0 Å². The molecule has 152 valence electrons. The van der Waals surface area contributed by atoms with Gasteiger partial charge in [0.2, 0.25) is 0 Å². The Morgan fingerprint density at radius 3 is 2.41 bits per heavy atom. The average Bonchev–Trinajstić information content (AvgIpc) is 3.43. The zero-order chi connectivity index (χ0) is 20.6. The Balaban J connectivity index is 1.82. The lowest BCUT2D eigenvalue weighted by Gasteiger charge is -2.31. The lowest BCUT2D eigenvalue weighted by molar-refractivity contribution is -0.196. The van der Waals surface area contributed by atoms with Crippen LogP contribution in [0.25, 0.3) is 0 Å². The Hall–Kier alpha value is -2.68. The number of nitrogens with zero attached hydrogens (tertiary/aromatic N) is 2. The highest BCUT2D eigenvalue weighted by atomic mass is 32.1. The van der Waals surface area contributed by atoms with Gasteiger partial charge in [0.05, 0.1) is 4.88 Å². The molecule has 1 saturated carbocycles. The number of amides is 2. The number of thiophene rings is 1. The van der Waals surface area contributed by atoms with Crippen LogP contribution >= 0.6 is 11.3 Å². The van der Waals surface area contributed by atoms with Crippen molar-refractivity contribution in [2.45, 2.75) is 43.6 Å². The van der Waals surface area contributed by atoms with Crippen LogP contribution in [0.15, 0.2) is 52.8 Å². The number of amidine groups is 1. The third-order valence-corrected chi connectivity index (χ3v) is 6.07. The van der Waals surface area contributed by atoms with E-state index in [0.29, 0.717) is 18.4 Å². The topological polar surface area (TPSA) is 61.8 Å². The third-order valence-electron chi connectivity index (χ3n) is 5.20. The first-order chi connectivity index (χ1) is 13.8. The SMILES string of the molecule is O=C(NC1(C(F)(F)F)N=C(c2ccccc2)N(C2CCCC2)C1=O)c1cccs1. The van der Waals surface area contributed by atoms with Crippen LogP contribution in [0.5, 0.6) is 0 Å². The first-order valence-electron chi connectivity index (χ1n) is 9.25. The van der Waals surface area contributed by atoms with Gasteiger partial charge in [-0.1, -0.05) is 49.2 Å². The minimum absolute atomic E-state index is 0.0497. The van der Waals surface area contributed by atoms with E-state index in [1.165, 1.54) is 6.07 Å². The summed E-state index contributed by atoms with van der Waals surface area (Å²) in [6.07, 6.45) is -2.23. The zero-order valence-corrected chi connectivity index (χ0v) is 16.1. The molecular formula is C20H18F3N3O2S. The summed E-state index contributed by atoms with van der Waals surface area (Å²) >= 11 is 0.995. The Morgan fingerprint density at radius 2 is 1.83 bits per heavy atom. The van der Waals surface area contributed by atoms with Crippen molar-refractivity contribution in [1.29, 1.82) is 0 Å². The molecule has 1 N–H and O–H groups in total. The summed E-state index contributed by atoms with van der Waals surface area (Å²) < 4.78 is 42.8. The molecular weight excluding hydrogens is 403 g/mol. The fraction of sp³-hybridized carbons (Fsp3) is 0.350. The van der Waals surface area contributed by atoms with Crippen LogP contribution in [-0.2, 0) is 4.79 Å². The van der Waals surface area contributed by atoms with Crippen molar-refractivity contribution >= 4 is 29.0 Å². The average molecular weight is 421 g/mol. The van der Waals surface area contributed by atoms with Crippen molar-refractivity contribution in [1.82, 2.24) is 10.2 Å². The van der Waals surface area contributed by atoms with E-state index in [1.54, 1.807) is 41.8 Å². The number of benzene rings is 1. The van der Waals surface area contributed by atoms with Gasteiger partial charge < -0.3 is 5.32 Å². The smallest absolute Gasteiger partial charge is 0.311 e. The summed E-state index contributed by atoms with van der Waals surface area (Å²) in [6, 6.07) is 10.9. The minimum Gasteiger partial charge on any atom is -0.311 e. The predicted molar refractivity (Wildman–Crippen MR) is 103 cm³/mol. The van der Waals surface area contributed by atoms with Gasteiger partial charge >= 0.3 is 11.8 Å². The Kier molecular flexibility index (Phi) is 4.94. The third kappa shape index (κ3) is 3.33. The van der Waals surface area contributed by atoms with Crippen LogP contribution in [0.4, 0.5) is 13.2 Å². The number of carbonyl (C=O) groups is 2. The number of halogens is 3. The summed E-state index contributed by atoms with van der Waals surface area (Å²) in [5.74, 6) is -2.28. The number of carbonyl (C=O) groups excluding carboxylic acids is 2. The normalized spacial score (nSPS) is 22.8. The minimum atomic E-state index is -5.09. The Bertz CT molecular complexity index is 938. The van der Waals surface area contributed by atoms with Crippen LogP contribution in [-0.4, -0.2) is 40.4 Å². The van der Waals surface area contributed by atoms with E-state index in [9.17, 15) is 22.8 Å². The zero-order valence-electron chi connectivity index (χ0n) is 15.3. The molecule has 0 saturated heterocycles. The maximum atomic E-state index is 14.3. The first-order valence-corrected chi connectivity index (χ1v) is 10.1. The highest BCUT2D eigenvalue weighted by Gasteiger charge is 2.68. The Morgan fingerprint density at radius 1 is 1.14 bits per heavy atom. The molecule has 2 aliphatic rings. The summed E-state index contributed by atoms with van der Waals surface area (Å²) in [5, 5.41) is 3.48. The molecule has 2 heterocycles. The van der Waals surface area contributed by atoms with Crippen LogP contribution < -0.4 is 5.32 Å². The van der Waals surface area contributed by atoms with Crippen molar-refractivity contribution in [2.24, 2.45) is 4.99 Å². The van der Waals surface area contributed by atoms with Crippen molar-refractivity contribution in [3.8, 4) is 0 Å². The first kappa shape index (κ1) is 19.6. The predicted octanol–water partition coefficient (Wildman–Crippen LogP) is 3.97. The standard InChI is InChI=1S/C20H18F3N3O2S/c21-20(22,23)19(25-17(27)15-11-6-12-29-15)18(28)26(14-9-4-5-10-14)16(24-19)13-7-2-1-3-8-13/h1-3,6-8,11-12,14H,4-5,9-10H2,(H,25,27). The van der Waals surface area contributed by atoms with Gasteiger partial charge in [-0.2, -0.15) is 13.2 Å². The van der Waals surface area contributed by atoms with E-state index >= 15 is 0 Å². The van der Waals surface area contributed by atoms with Gasteiger partial charge in [0, 0.05) is 11.6 Å². The van der Waals surface area contributed by atoms with E-state index in [4.69, 9.17) is 0 Å². The number of hydrogen-bond donors (Lipinski definition) is 1. The van der Waals surface area contributed by atoms with Crippen molar-refractivity contribution in [2.75, 3.05) is 0 Å². The Labute approximate surface area is 169 Å². The van der Waals surface area contributed by atoms with Crippen LogP contribution in [0, 0.1) is 0 Å². The second-order valence-corrected chi connectivity index (χ2v) is 8.00. The second kappa shape index (κ2) is 7.29. The van der Waals surface area contributed by atoms with Gasteiger partial charge in [-0.05, 0) is 24.3 Å². The van der Waals surface area contributed by atoms with Gasteiger partial charge in [-0.25, -0.2) is 4.99 Å². The van der Waals surface area contributed by atoms with Gasteiger partial charge in [0.1, 0.15) is 5.84 Å². The highest BCUT2D eigenvalue weighted by molar-refractivity contribution is 7.12. The lowest BCUT2D eigenvalue weighted by Crippen LogP contribution is -2.64. The van der Waals surface area contributed by atoms with E-state index in [2.05, 4.69) is 4.99 Å². The number of alkyl halides is 3. The summed E-state index contributed by atoms with van der Waals surface area (Å²) in [7, 11) is 0. The molecule has 2 aromatic rings. The van der Waals surface area contributed by atoms with E-state index in [0.717, 1.165) is 29.1 Å². The van der Waals surface area contributed by atoms with Gasteiger partial charge in [-0.3, -0.25) is 14.5 Å². The van der Waals surface area contributed by atoms with Crippen molar-refractivity contribution in [3.63, 3.8) is 0 Å². The molecule has 5 nitrogen and oxygen atoms in total. The maximum absolute atomic E-state index is 14.3. The molecule has 1 fully saturated rings. The van der Waals surface area contributed by atoms with Crippen molar-refractivity contribution in [3.05, 3.63) is 58.3 Å². The lowest BCUT2D eigenvalue weighted by atomic mass is 10.1. The quantitative estimate of drug-likeness (QED) is 0.812. The molecule has 1 unspecified atom stereocenters. The molecule has 1 atom stereocenters. The number of nitrogens with one attached hydrogen (secondary N) is 1. The molecule has 0 radical (unpaired) electrons.